The minimum Gasteiger partial charge on any atom is -0.320 e. The van der Waals surface area contributed by atoms with Crippen molar-refractivity contribution < 1.29 is 4.21 Å². The van der Waals surface area contributed by atoms with Crippen molar-refractivity contribution in [1.82, 2.24) is 5.32 Å². The molecule has 2 nitrogen and oxygen atoms in total. The van der Waals surface area contributed by atoms with Crippen LogP contribution in [-0.2, 0) is 10.8 Å². The summed E-state index contributed by atoms with van der Waals surface area (Å²) in [6, 6.07) is 7.22. The van der Waals surface area contributed by atoms with E-state index in [0.717, 1.165) is 17.9 Å². The summed E-state index contributed by atoms with van der Waals surface area (Å²) in [6.07, 6.45) is 0.912. The molecule has 0 radical (unpaired) electrons. The molecule has 0 heterocycles. The summed E-state index contributed by atoms with van der Waals surface area (Å²) in [5.74, 6) is 0.682. The molecule has 0 amide bonds. The topological polar surface area (TPSA) is 29.1 Å². The smallest absolute Gasteiger partial charge is 0.0530 e. The second kappa shape index (κ2) is 6.17. The summed E-state index contributed by atoms with van der Waals surface area (Å²) in [6.45, 7) is 0.895. The molecule has 1 aromatic rings. The third kappa shape index (κ3) is 3.78. The van der Waals surface area contributed by atoms with Crippen molar-refractivity contribution in [2.75, 3.05) is 19.3 Å². The highest BCUT2D eigenvalue weighted by atomic mass is 35.5. The lowest BCUT2D eigenvalue weighted by Crippen LogP contribution is -2.11. The second-order valence-electron chi connectivity index (χ2n) is 2.96. The Kier molecular flexibility index (Phi) is 5.15. The predicted octanol–water partition coefficient (Wildman–Crippen LogP) is 2.06. The number of hydrogen-bond acceptors (Lipinski definition) is 2. The van der Waals surface area contributed by atoms with Crippen LogP contribution in [0.4, 0.5) is 0 Å². The second-order valence-corrected chi connectivity index (χ2v) is 4.97. The quantitative estimate of drug-likeness (QED) is 0.786. The average molecular weight is 232 g/mol. The van der Waals surface area contributed by atoms with Crippen molar-refractivity contribution in [3.63, 3.8) is 0 Å². The zero-order valence-corrected chi connectivity index (χ0v) is 9.70. The van der Waals surface area contributed by atoms with E-state index >= 15 is 0 Å². The van der Waals surface area contributed by atoms with Gasteiger partial charge in [0, 0.05) is 15.7 Å². The lowest BCUT2D eigenvalue weighted by Gasteiger charge is -2.02. The Hall–Kier alpha value is -0.380. The lowest BCUT2D eigenvalue weighted by atomic mass is 10.4. The fourth-order valence-corrected chi connectivity index (χ4v) is 2.49. The fourth-order valence-electron chi connectivity index (χ4n) is 1.11. The molecule has 0 aliphatic carbocycles. The maximum atomic E-state index is 11.7. The normalized spacial score (nSPS) is 12.7. The maximum Gasteiger partial charge on any atom is 0.0530 e. The van der Waals surface area contributed by atoms with Gasteiger partial charge in [-0.2, -0.15) is 0 Å². The van der Waals surface area contributed by atoms with Crippen molar-refractivity contribution >= 4 is 22.4 Å². The van der Waals surface area contributed by atoms with Gasteiger partial charge in [-0.15, -0.1) is 0 Å². The summed E-state index contributed by atoms with van der Waals surface area (Å²) < 4.78 is 11.7. The summed E-state index contributed by atoms with van der Waals surface area (Å²) in [7, 11) is 0.972. The minimum absolute atomic E-state index is 0.643. The summed E-state index contributed by atoms with van der Waals surface area (Å²) >= 11 is 5.80. The van der Waals surface area contributed by atoms with E-state index < -0.39 is 10.8 Å². The van der Waals surface area contributed by atoms with Gasteiger partial charge < -0.3 is 5.32 Å². The van der Waals surface area contributed by atoms with Gasteiger partial charge in [0.15, 0.2) is 0 Å². The van der Waals surface area contributed by atoms with Crippen molar-refractivity contribution in [2.24, 2.45) is 0 Å². The van der Waals surface area contributed by atoms with E-state index in [-0.39, 0.29) is 0 Å². The first-order valence-corrected chi connectivity index (χ1v) is 6.22. The van der Waals surface area contributed by atoms with Crippen molar-refractivity contribution in [3.05, 3.63) is 29.3 Å². The monoisotopic (exact) mass is 231 g/mol. The Morgan fingerprint density at radius 2 is 2.29 bits per heavy atom. The predicted molar refractivity (Wildman–Crippen MR) is 61.3 cm³/mol. The lowest BCUT2D eigenvalue weighted by molar-refractivity contribution is 0.677. The summed E-state index contributed by atoms with van der Waals surface area (Å²) in [5.41, 5.74) is 0. The van der Waals surface area contributed by atoms with E-state index in [1.165, 1.54) is 0 Å². The van der Waals surface area contributed by atoms with Crippen molar-refractivity contribution in [1.29, 1.82) is 0 Å². The molecular formula is C10H14ClNOS. The van der Waals surface area contributed by atoms with Crippen molar-refractivity contribution in [3.8, 4) is 0 Å². The Bertz CT molecular complexity index is 317. The van der Waals surface area contributed by atoms with Crippen molar-refractivity contribution in [2.45, 2.75) is 11.3 Å². The van der Waals surface area contributed by atoms with Gasteiger partial charge in [-0.25, -0.2) is 0 Å². The standard InChI is InChI=1S/C10H14ClNOS/c1-12-6-3-7-14(13)10-5-2-4-9(11)8-10/h2,4-5,8,12H,3,6-7H2,1H3. The number of nitrogens with one attached hydrogen (secondary N) is 1. The Morgan fingerprint density at radius 3 is 2.93 bits per heavy atom. The van der Waals surface area contributed by atoms with Crippen LogP contribution < -0.4 is 5.32 Å². The summed E-state index contributed by atoms with van der Waals surface area (Å²) in [5, 5.41) is 3.67. The van der Waals surface area contributed by atoms with Gasteiger partial charge in [0.05, 0.1) is 10.8 Å². The molecule has 0 saturated carbocycles. The number of benzene rings is 1. The third-order valence-electron chi connectivity index (χ3n) is 1.82. The molecular weight excluding hydrogens is 218 g/mol. The first-order chi connectivity index (χ1) is 6.74. The molecule has 0 saturated heterocycles. The van der Waals surface area contributed by atoms with Gasteiger partial charge >= 0.3 is 0 Å². The van der Waals surface area contributed by atoms with Crippen LogP contribution in [0.3, 0.4) is 0 Å². The first kappa shape index (κ1) is 11.7. The van der Waals surface area contributed by atoms with Gasteiger partial charge in [-0.3, -0.25) is 4.21 Å². The molecule has 14 heavy (non-hydrogen) atoms. The van der Waals surface area contributed by atoms with Gasteiger partial charge in [-0.05, 0) is 38.2 Å². The minimum atomic E-state index is -0.920. The van der Waals surface area contributed by atoms with Crippen LogP contribution in [0, 0.1) is 0 Å². The van der Waals surface area contributed by atoms with Crippen LogP contribution in [0.1, 0.15) is 6.42 Å². The molecule has 1 aromatic carbocycles. The number of hydrogen-bond donors (Lipinski definition) is 1. The van der Waals surface area contributed by atoms with E-state index in [4.69, 9.17) is 11.6 Å². The van der Waals surface area contributed by atoms with Crippen LogP contribution in [0.15, 0.2) is 29.2 Å². The van der Waals surface area contributed by atoms with Crippen LogP contribution in [0.2, 0.25) is 5.02 Å². The van der Waals surface area contributed by atoms with Crippen LogP contribution in [-0.4, -0.2) is 23.6 Å². The molecule has 4 heteroatoms. The molecule has 0 bridgehead atoms. The van der Waals surface area contributed by atoms with E-state index in [9.17, 15) is 4.21 Å². The molecule has 0 fully saturated rings. The number of halogens is 1. The average Bonchev–Trinajstić information content (AvgIpc) is 2.18. The first-order valence-electron chi connectivity index (χ1n) is 4.52. The summed E-state index contributed by atoms with van der Waals surface area (Å²) in [4.78, 5) is 0.814. The molecule has 0 aromatic heterocycles. The van der Waals surface area contributed by atoms with Gasteiger partial charge in [0.25, 0.3) is 0 Å². The molecule has 1 rings (SSSR count). The van der Waals surface area contributed by atoms with Gasteiger partial charge in [-0.1, -0.05) is 17.7 Å². The number of rotatable bonds is 5. The van der Waals surface area contributed by atoms with E-state index in [1.54, 1.807) is 12.1 Å². The van der Waals surface area contributed by atoms with E-state index in [0.29, 0.717) is 10.8 Å². The largest absolute Gasteiger partial charge is 0.320 e. The van der Waals surface area contributed by atoms with Crippen LogP contribution in [0.5, 0.6) is 0 Å². The molecule has 1 unspecified atom stereocenters. The fraction of sp³-hybridized carbons (Fsp3) is 0.400. The Labute approximate surface area is 92.1 Å². The molecule has 0 aliphatic rings. The highest BCUT2D eigenvalue weighted by Gasteiger charge is 2.03. The SMILES string of the molecule is CNCCCS(=O)c1cccc(Cl)c1. The van der Waals surface area contributed by atoms with Crippen LogP contribution in [0.25, 0.3) is 0 Å². The molecule has 78 valence electrons. The highest BCUT2D eigenvalue weighted by Crippen LogP contribution is 2.14. The molecule has 1 N–H and O–H groups in total. The van der Waals surface area contributed by atoms with Gasteiger partial charge in [0.1, 0.15) is 0 Å². The van der Waals surface area contributed by atoms with E-state index in [1.807, 2.05) is 19.2 Å². The third-order valence-corrected chi connectivity index (χ3v) is 3.49. The molecule has 0 aliphatic heterocycles. The molecule has 1 atom stereocenters. The highest BCUT2D eigenvalue weighted by molar-refractivity contribution is 7.85. The van der Waals surface area contributed by atoms with E-state index in [2.05, 4.69) is 5.32 Å². The maximum absolute atomic E-state index is 11.7. The van der Waals surface area contributed by atoms with Gasteiger partial charge in [0.2, 0.25) is 0 Å². The Morgan fingerprint density at radius 1 is 1.50 bits per heavy atom. The molecule has 0 spiro atoms. The zero-order valence-electron chi connectivity index (χ0n) is 8.13. The van der Waals surface area contributed by atoms with Crippen LogP contribution >= 0.6 is 11.6 Å². The Balaban J connectivity index is 2.52. The zero-order chi connectivity index (χ0) is 10.4.